The van der Waals surface area contributed by atoms with Crippen LogP contribution in [0.2, 0.25) is 0 Å². The van der Waals surface area contributed by atoms with E-state index in [4.69, 9.17) is 0 Å². The number of carbonyl (C=O) groups excluding carboxylic acids is 1. The number of rotatable bonds is 1. The minimum atomic E-state index is -0.0180. The first-order valence-electron chi connectivity index (χ1n) is 7.12. The van der Waals surface area contributed by atoms with Gasteiger partial charge in [-0.15, -0.1) is 0 Å². The normalized spacial score (nSPS) is 29.5. The Morgan fingerprint density at radius 3 is 2.95 bits per heavy atom. The lowest BCUT2D eigenvalue weighted by atomic mass is 9.59. The van der Waals surface area contributed by atoms with Gasteiger partial charge in [0, 0.05) is 17.8 Å². The summed E-state index contributed by atoms with van der Waals surface area (Å²) in [5, 5.41) is 9.63. The molecule has 0 bridgehead atoms. The first-order chi connectivity index (χ1) is 9.06. The van der Waals surface area contributed by atoms with Crippen molar-refractivity contribution in [3.05, 3.63) is 41.0 Å². The maximum absolute atomic E-state index is 12.1. The van der Waals surface area contributed by atoms with Crippen molar-refractivity contribution < 1.29 is 9.90 Å². The predicted molar refractivity (Wildman–Crippen MR) is 75.3 cm³/mol. The van der Waals surface area contributed by atoms with Crippen LogP contribution in [-0.2, 0) is 16.6 Å². The number of ketones is 1. The number of Topliss-reactive ketones (excluding diaryl/α,β-unsaturated/α-hetero) is 1. The van der Waals surface area contributed by atoms with Crippen molar-refractivity contribution in [2.75, 3.05) is 0 Å². The minimum Gasteiger partial charge on any atom is -0.508 e. The van der Waals surface area contributed by atoms with Gasteiger partial charge in [0.1, 0.15) is 11.5 Å². The Bertz CT molecular complexity index is 571. The summed E-state index contributed by atoms with van der Waals surface area (Å²) < 4.78 is 0. The molecule has 0 radical (unpaired) electrons. The number of benzene rings is 1. The minimum absolute atomic E-state index is 0.0180. The average Bonchev–Trinajstić information content (AvgIpc) is 2.39. The molecule has 0 saturated heterocycles. The van der Waals surface area contributed by atoms with Crippen molar-refractivity contribution in [2.45, 2.75) is 44.9 Å². The van der Waals surface area contributed by atoms with Crippen LogP contribution in [0.3, 0.4) is 0 Å². The van der Waals surface area contributed by atoms with Crippen molar-refractivity contribution in [1.82, 2.24) is 0 Å². The van der Waals surface area contributed by atoms with Gasteiger partial charge in [-0.25, -0.2) is 0 Å². The summed E-state index contributed by atoms with van der Waals surface area (Å²) in [6.45, 7) is 4.35. The van der Waals surface area contributed by atoms with E-state index in [-0.39, 0.29) is 11.3 Å². The molecule has 100 valence electrons. The molecular formula is C17H20O2. The monoisotopic (exact) mass is 256 g/mol. The fraction of sp³-hybridized carbons (Fsp3) is 0.471. The van der Waals surface area contributed by atoms with Crippen molar-refractivity contribution in [3.8, 4) is 5.75 Å². The number of hydrogen-bond donors (Lipinski definition) is 1. The first-order valence-corrected chi connectivity index (χ1v) is 7.12. The van der Waals surface area contributed by atoms with Crippen molar-refractivity contribution in [3.63, 3.8) is 0 Å². The molecule has 2 unspecified atom stereocenters. The van der Waals surface area contributed by atoms with Gasteiger partial charge in [0.2, 0.25) is 0 Å². The number of hydrogen-bond acceptors (Lipinski definition) is 2. The topological polar surface area (TPSA) is 37.3 Å². The van der Waals surface area contributed by atoms with Gasteiger partial charge in [-0.1, -0.05) is 31.6 Å². The van der Waals surface area contributed by atoms with E-state index in [1.54, 1.807) is 6.07 Å². The zero-order chi connectivity index (χ0) is 13.6. The molecule has 0 aliphatic heterocycles. The van der Waals surface area contributed by atoms with Gasteiger partial charge in [0.25, 0.3) is 0 Å². The van der Waals surface area contributed by atoms with E-state index in [2.05, 4.69) is 19.9 Å². The molecule has 2 aliphatic rings. The maximum atomic E-state index is 12.1. The van der Waals surface area contributed by atoms with E-state index in [1.807, 2.05) is 12.1 Å². The molecule has 0 spiro atoms. The molecule has 0 aromatic heterocycles. The molecule has 2 heteroatoms. The number of phenols is 1. The highest BCUT2D eigenvalue weighted by atomic mass is 16.3. The lowest BCUT2D eigenvalue weighted by Gasteiger charge is -2.44. The highest BCUT2D eigenvalue weighted by Crippen LogP contribution is 2.49. The Morgan fingerprint density at radius 2 is 2.21 bits per heavy atom. The predicted octanol–water partition coefficient (Wildman–Crippen LogP) is 3.52. The second-order valence-corrected chi connectivity index (χ2v) is 5.96. The smallest absolute Gasteiger partial charge is 0.140 e. The van der Waals surface area contributed by atoms with Crippen LogP contribution in [0.4, 0.5) is 0 Å². The molecular weight excluding hydrogens is 236 g/mol. The third-order valence-electron chi connectivity index (χ3n) is 4.91. The summed E-state index contributed by atoms with van der Waals surface area (Å²) in [7, 11) is 0. The second-order valence-electron chi connectivity index (χ2n) is 5.96. The van der Waals surface area contributed by atoms with Crippen molar-refractivity contribution in [1.29, 1.82) is 0 Å². The molecule has 2 atom stereocenters. The Morgan fingerprint density at radius 1 is 1.42 bits per heavy atom. The molecule has 1 N–H and O–H groups in total. The fourth-order valence-corrected chi connectivity index (χ4v) is 3.86. The number of allylic oxidation sites excluding steroid dienone is 2. The number of fused-ring (bicyclic) bond motifs is 3. The van der Waals surface area contributed by atoms with E-state index < -0.39 is 0 Å². The Balaban J connectivity index is 2.13. The summed E-state index contributed by atoms with van der Waals surface area (Å²) in [4.78, 5) is 12.1. The summed E-state index contributed by atoms with van der Waals surface area (Å²) >= 11 is 0. The zero-order valence-corrected chi connectivity index (χ0v) is 11.6. The molecule has 1 aromatic carbocycles. The van der Waals surface area contributed by atoms with Gasteiger partial charge in [-0.2, -0.15) is 0 Å². The lowest BCUT2D eigenvalue weighted by molar-refractivity contribution is -0.123. The van der Waals surface area contributed by atoms with Crippen molar-refractivity contribution in [2.24, 2.45) is 5.92 Å². The lowest BCUT2D eigenvalue weighted by Crippen LogP contribution is -2.40. The van der Waals surface area contributed by atoms with Gasteiger partial charge in [-0.3, -0.25) is 4.79 Å². The van der Waals surface area contributed by atoms with Gasteiger partial charge >= 0.3 is 0 Å². The molecule has 0 amide bonds. The van der Waals surface area contributed by atoms with E-state index >= 15 is 0 Å². The third kappa shape index (κ3) is 1.73. The summed E-state index contributed by atoms with van der Waals surface area (Å²) in [6.07, 6.45) is 5.53. The largest absolute Gasteiger partial charge is 0.508 e. The molecule has 19 heavy (non-hydrogen) atoms. The fourth-order valence-electron chi connectivity index (χ4n) is 3.86. The van der Waals surface area contributed by atoms with Crippen LogP contribution < -0.4 is 0 Å². The van der Waals surface area contributed by atoms with Crippen LogP contribution in [0.25, 0.3) is 0 Å². The Hall–Kier alpha value is -1.57. The quantitative estimate of drug-likeness (QED) is 0.781. The Labute approximate surface area is 114 Å². The molecule has 1 fully saturated rings. The first kappa shape index (κ1) is 12.5. The average molecular weight is 256 g/mol. The molecule has 3 rings (SSSR count). The summed E-state index contributed by atoms with van der Waals surface area (Å²) in [6, 6.07) is 5.68. The summed E-state index contributed by atoms with van der Waals surface area (Å²) in [5.74, 6) is 0.826. The van der Waals surface area contributed by atoms with Crippen molar-refractivity contribution >= 4 is 5.78 Å². The van der Waals surface area contributed by atoms with Crippen LogP contribution >= 0.6 is 0 Å². The maximum Gasteiger partial charge on any atom is 0.140 e. The van der Waals surface area contributed by atoms with Gasteiger partial charge in [0.15, 0.2) is 0 Å². The SMILES string of the molecule is CCC1C(=O)CCC2(C)C1=CCc1cc(O)ccc12. The van der Waals surface area contributed by atoms with Crippen LogP contribution in [-0.4, -0.2) is 10.9 Å². The van der Waals surface area contributed by atoms with E-state index in [0.29, 0.717) is 18.0 Å². The van der Waals surface area contributed by atoms with E-state index in [9.17, 15) is 9.90 Å². The Kier molecular flexibility index (Phi) is 2.77. The number of carbonyl (C=O) groups is 1. The molecule has 2 nitrogen and oxygen atoms in total. The molecule has 2 aliphatic carbocycles. The third-order valence-corrected chi connectivity index (χ3v) is 4.91. The highest BCUT2D eigenvalue weighted by molar-refractivity contribution is 5.86. The van der Waals surface area contributed by atoms with Crippen LogP contribution in [0.1, 0.15) is 44.2 Å². The van der Waals surface area contributed by atoms with Crippen LogP contribution in [0.15, 0.2) is 29.8 Å². The zero-order valence-electron chi connectivity index (χ0n) is 11.6. The highest BCUT2D eigenvalue weighted by Gasteiger charge is 2.44. The van der Waals surface area contributed by atoms with E-state index in [1.165, 1.54) is 16.7 Å². The second kappa shape index (κ2) is 4.22. The van der Waals surface area contributed by atoms with E-state index in [0.717, 1.165) is 19.3 Å². The summed E-state index contributed by atoms with van der Waals surface area (Å²) in [5.41, 5.74) is 3.80. The standard InChI is InChI=1S/C17H20O2/c1-3-13-15-6-4-11-10-12(18)5-7-14(11)17(15,2)9-8-16(13)19/h5-7,10,13,18H,3-4,8-9H2,1-2H3. The molecule has 1 aromatic rings. The van der Waals surface area contributed by atoms with Gasteiger partial charge < -0.3 is 5.11 Å². The van der Waals surface area contributed by atoms with Crippen LogP contribution in [0.5, 0.6) is 5.75 Å². The molecule has 1 saturated carbocycles. The van der Waals surface area contributed by atoms with Gasteiger partial charge in [-0.05, 0) is 42.5 Å². The van der Waals surface area contributed by atoms with Gasteiger partial charge in [0.05, 0.1) is 0 Å². The number of aromatic hydroxyl groups is 1. The van der Waals surface area contributed by atoms with Crippen LogP contribution in [0, 0.1) is 5.92 Å². The molecule has 0 heterocycles. The number of phenolic OH excluding ortho intramolecular Hbond substituents is 1.